The Morgan fingerprint density at radius 1 is 1.23 bits per heavy atom. The van der Waals surface area contributed by atoms with Crippen LogP contribution in [0, 0.1) is 0 Å². The van der Waals surface area contributed by atoms with Gasteiger partial charge in [-0.25, -0.2) is 0 Å². The lowest BCUT2D eigenvalue weighted by atomic mass is 9.87. The fourth-order valence-corrected chi connectivity index (χ4v) is 2.74. The van der Waals surface area contributed by atoms with Crippen LogP contribution < -0.4 is 5.32 Å². The Balaban J connectivity index is 1.94. The van der Waals surface area contributed by atoms with Crippen LogP contribution in [0.3, 0.4) is 0 Å². The number of hydrogen-bond donors (Lipinski definition) is 2. The third kappa shape index (κ3) is 4.31. The lowest BCUT2D eigenvalue weighted by Gasteiger charge is -2.33. The van der Waals surface area contributed by atoms with E-state index >= 15 is 0 Å². The van der Waals surface area contributed by atoms with E-state index in [0.29, 0.717) is 0 Å². The number of aliphatic hydroxyl groups is 1. The minimum Gasteiger partial charge on any atom is -0.393 e. The number of hydrogen-bond acceptors (Lipinski definition) is 3. The van der Waals surface area contributed by atoms with E-state index in [1.807, 2.05) is 19.1 Å². The first-order valence-electron chi connectivity index (χ1n) is 8.11. The van der Waals surface area contributed by atoms with Crippen LogP contribution in [0.5, 0.6) is 0 Å². The molecule has 1 heterocycles. The lowest BCUT2D eigenvalue weighted by molar-refractivity contribution is -0.121. The molecule has 0 saturated carbocycles. The van der Waals surface area contributed by atoms with Gasteiger partial charge in [0.1, 0.15) is 0 Å². The zero-order valence-electron chi connectivity index (χ0n) is 14.1. The van der Waals surface area contributed by atoms with Gasteiger partial charge in [-0.3, -0.25) is 9.69 Å². The summed E-state index contributed by atoms with van der Waals surface area (Å²) in [6.07, 6.45) is 1.28. The summed E-state index contributed by atoms with van der Waals surface area (Å²) in [6.45, 7) is 10.0. The molecule has 1 aliphatic rings. The van der Waals surface area contributed by atoms with E-state index in [1.54, 1.807) is 0 Å². The highest BCUT2D eigenvalue weighted by atomic mass is 16.3. The van der Waals surface area contributed by atoms with Gasteiger partial charge in [0.05, 0.1) is 12.1 Å². The highest BCUT2D eigenvalue weighted by Crippen LogP contribution is 2.23. The number of nitrogens with one attached hydrogen (secondary N) is 1. The van der Waals surface area contributed by atoms with Crippen LogP contribution in [0.4, 0.5) is 5.69 Å². The van der Waals surface area contributed by atoms with Crippen molar-refractivity contribution < 1.29 is 9.90 Å². The number of rotatable bonds is 3. The maximum Gasteiger partial charge on any atom is 0.241 e. The standard InChI is InChI=1S/C18H28N2O2/c1-13(20-11-9-16(21)10-12-20)17(22)19-15-7-5-14(6-8-15)18(2,3)4/h5-8,13,16,21H,9-12H2,1-4H3,(H,19,22)/t13-/m1/s1. The first-order valence-corrected chi connectivity index (χ1v) is 8.11. The highest BCUT2D eigenvalue weighted by Gasteiger charge is 2.25. The van der Waals surface area contributed by atoms with Gasteiger partial charge in [0.25, 0.3) is 0 Å². The van der Waals surface area contributed by atoms with E-state index < -0.39 is 0 Å². The quantitative estimate of drug-likeness (QED) is 0.903. The van der Waals surface area contributed by atoms with Crippen LogP contribution in [-0.2, 0) is 10.2 Å². The molecule has 22 heavy (non-hydrogen) atoms. The molecule has 0 unspecified atom stereocenters. The van der Waals surface area contributed by atoms with Crippen molar-refractivity contribution >= 4 is 11.6 Å². The first-order chi connectivity index (χ1) is 10.3. The molecule has 4 nitrogen and oxygen atoms in total. The van der Waals surface area contributed by atoms with E-state index in [4.69, 9.17) is 0 Å². The Morgan fingerprint density at radius 3 is 2.27 bits per heavy atom. The van der Waals surface area contributed by atoms with Gasteiger partial charge in [0.15, 0.2) is 0 Å². The fraction of sp³-hybridized carbons (Fsp3) is 0.611. The molecule has 1 amide bonds. The van der Waals surface area contributed by atoms with Crippen molar-refractivity contribution in [3.05, 3.63) is 29.8 Å². The molecule has 2 rings (SSSR count). The Hall–Kier alpha value is -1.39. The number of anilines is 1. The van der Waals surface area contributed by atoms with Crippen molar-refractivity contribution in [1.82, 2.24) is 4.90 Å². The summed E-state index contributed by atoms with van der Waals surface area (Å²) in [7, 11) is 0. The molecule has 0 spiro atoms. The number of piperidine rings is 1. The summed E-state index contributed by atoms with van der Waals surface area (Å²) in [5.74, 6) is 0.0138. The smallest absolute Gasteiger partial charge is 0.241 e. The number of aliphatic hydroxyl groups excluding tert-OH is 1. The maximum absolute atomic E-state index is 12.4. The topological polar surface area (TPSA) is 52.6 Å². The molecule has 2 N–H and O–H groups in total. The molecule has 0 radical (unpaired) electrons. The van der Waals surface area contributed by atoms with Gasteiger partial charge < -0.3 is 10.4 Å². The highest BCUT2D eigenvalue weighted by molar-refractivity contribution is 5.94. The van der Waals surface area contributed by atoms with E-state index in [1.165, 1.54) is 5.56 Å². The van der Waals surface area contributed by atoms with Crippen molar-refractivity contribution in [1.29, 1.82) is 0 Å². The second-order valence-electron chi connectivity index (χ2n) is 7.26. The van der Waals surface area contributed by atoms with Gasteiger partial charge in [-0.2, -0.15) is 0 Å². The molecule has 0 aliphatic carbocycles. The molecule has 1 atom stereocenters. The Kier molecular flexibility index (Phi) is 5.24. The third-order valence-electron chi connectivity index (χ3n) is 4.44. The Bertz CT molecular complexity index is 497. The number of carbonyl (C=O) groups is 1. The molecule has 1 aromatic carbocycles. The molecule has 0 aromatic heterocycles. The van der Waals surface area contributed by atoms with Gasteiger partial charge >= 0.3 is 0 Å². The Morgan fingerprint density at radius 2 is 1.77 bits per heavy atom. The predicted octanol–water partition coefficient (Wildman–Crippen LogP) is 2.77. The average Bonchev–Trinajstić information content (AvgIpc) is 2.47. The van der Waals surface area contributed by atoms with Gasteiger partial charge in [-0.05, 0) is 42.9 Å². The average molecular weight is 304 g/mol. The van der Waals surface area contributed by atoms with Crippen molar-refractivity contribution in [2.45, 2.75) is 58.1 Å². The predicted molar refractivity (Wildman–Crippen MR) is 90.0 cm³/mol. The zero-order valence-corrected chi connectivity index (χ0v) is 14.1. The van der Waals surface area contributed by atoms with Crippen LogP contribution in [0.25, 0.3) is 0 Å². The molecule has 122 valence electrons. The largest absolute Gasteiger partial charge is 0.393 e. The number of likely N-dealkylation sites (tertiary alicyclic amines) is 1. The first kappa shape index (κ1) is 17.0. The van der Waals surface area contributed by atoms with Crippen LogP contribution in [0.1, 0.15) is 46.1 Å². The molecule has 1 saturated heterocycles. The van der Waals surface area contributed by atoms with E-state index in [0.717, 1.165) is 31.6 Å². The van der Waals surface area contributed by atoms with Crippen LogP contribution in [0.15, 0.2) is 24.3 Å². The van der Waals surface area contributed by atoms with Gasteiger partial charge in [0.2, 0.25) is 5.91 Å². The molecule has 1 aromatic rings. The van der Waals surface area contributed by atoms with Crippen molar-refractivity contribution in [2.75, 3.05) is 18.4 Å². The summed E-state index contributed by atoms with van der Waals surface area (Å²) >= 11 is 0. The number of benzene rings is 1. The number of amides is 1. The van der Waals surface area contributed by atoms with Crippen molar-refractivity contribution in [3.63, 3.8) is 0 Å². The van der Waals surface area contributed by atoms with E-state index in [9.17, 15) is 9.90 Å². The molecule has 0 bridgehead atoms. The second-order valence-corrected chi connectivity index (χ2v) is 7.26. The van der Waals surface area contributed by atoms with Gasteiger partial charge in [0, 0.05) is 18.8 Å². The van der Waals surface area contributed by atoms with Gasteiger partial charge in [-0.15, -0.1) is 0 Å². The normalized spacial score (nSPS) is 19.0. The molecule has 4 heteroatoms. The summed E-state index contributed by atoms with van der Waals surface area (Å²) in [5, 5.41) is 12.5. The van der Waals surface area contributed by atoms with E-state index in [-0.39, 0.29) is 23.5 Å². The fourth-order valence-electron chi connectivity index (χ4n) is 2.74. The molecule has 1 aliphatic heterocycles. The summed E-state index contributed by atoms with van der Waals surface area (Å²) in [5.41, 5.74) is 2.20. The SMILES string of the molecule is C[C@H](C(=O)Nc1ccc(C(C)(C)C)cc1)N1CCC(O)CC1. The molecular weight excluding hydrogens is 276 g/mol. The minimum atomic E-state index is -0.212. The summed E-state index contributed by atoms with van der Waals surface area (Å²) < 4.78 is 0. The monoisotopic (exact) mass is 304 g/mol. The number of nitrogens with zero attached hydrogens (tertiary/aromatic N) is 1. The minimum absolute atomic E-state index is 0.0138. The summed E-state index contributed by atoms with van der Waals surface area (Å²) in [6, 6.07) is 7.89. The molecular formula is C18H28N2O2. The van der Waals surface area contributed by atoms with E-state index in [2.05, 4.69) is 43.1 Å². The van der Waals surface area contributed by atoms with Crippen LogP contribution >= 0.6 is 0 Å². The third-order valence-corrected chi connectivity index (χ3v) is 4.44. The van der Waals surface area contributed by atoms with Crippen molar-refractivity contribution in [3.8, 4) is 0 Å². The second kappa shape index (κ2) is 6.80. The van der Waals surface area contributed by atoms with Crippen LogP contribution in [-0.4, -0.2) is 41.1 Å². The Labute approximate surface area is 133 Å². The van der Waals surface area contributed by atoms with Crippen LogP contribution in [0.2, 0.25) is 0 Å². The van der Waals surface area contributed by atoms with Crippen molar-refractivity contribution in [2.24, 2.45) is 0 Å². The number of carbonyl (C=O) groups excluding carboxylic acids is 1. The van der Waals surface area contributed by atoms with Gasteiger partial charge in [-0.1, -0.05) is 32.9 Å². The maximum atomic E-state index is 12.4. The zero-order chi connectivity index (χ0) is 16.3. The molecule has 1 fully saturated rings. The summed E-state index contributed by atoms with van der Waals surface area (Å²) in [4.78, 5) is 14.5. The lowest BCUT2D eigenvalue weighted by Crippen LogP contribution is -2.47.